The number of halogens is 2. The molecular formula is C11H8BrClO2. The van der Waals surface area contributed by atoms with Gasteiger partial charge in [-0.25, -0.2) is 0 Å². The normalized spacial score (nSPS) is 10.6. The van der Waals surface area contributed by atoms with Crippen LogP contribution in [-0.2, 0) is 6.61 Å². The van der Waals surface area contributed by atoms with Crippen LogP contribution in [0.3, 0.4) is 0 Å². The molecule has 0 aliphatic rings. The van der Waals surface area contributed by atoms with E-state index >= 15 is 0 Å². The second-order valence-electron chi connectivity index (χ2n) is 3.05. The number of hydrogen-bond acceptors (Lipinski definition) is 2. The largest absolute Gasteiger partial charge is 0.459 e. The molecule has 1 N–H and O–H groups in total. The number of benzene rings is 1. The van der Waals surface area contributed by atoms with Gasteiger partial charge in [-0.1, -0.05) is 11.6 Å². The van der Waals surface area contributed by atoms with Crippen molar-refractivity contribution in [2.45, 2.75) is 6.61 Å². The van der Waals surface area contributed by atoms with Gasteiger partial charge in [0.15, 0.2) is 0 Å². The van der Waals surface area contributed by atoms with Crippen LogP contribution in [0.5, 0.6) is 0 Å². The number of aliphatic hydroxyl groups is 1. The summed E-state index contributed by atoms with van der Waals surface area (Å²) >= 11 is 9.23. The van der Waals surface area contributed by atoms with Gasteiger partial charge in [-0.15, -0.1) is 0 Å². The van der Waals surface area contributed by atoms with Crippen molar-refractivity contribution in [3.63, 3.8) is 0 Å². The minimum atomic E-state index is -0.0885. The van der Waals surface area contributed by atoms with Crippen LogP contribution >= 0.6 is 27.5 Å². The Bertz CT molecular complexity index is 479. The van der Waals surface area contributed by atoms with Crippen LogP contribution in [0.25, 0.3) is 11.3 Å². The van der Waals surface area contributed by atoms with Crippen molar-refractivity contribution >= 4 is 27.5 Å². The van der Waals surface area contributed by atoms with Crippen LogP contribution in [0.15, 0.2) is 39.2 Å². The summed E-state index contributed by atoms with van der Waals surface area (Å²) in [5, 5.41) is 9.53. The first-order chi connectivity index (χ1) is 7.20. The molecule has 0 amide bonds. The molecule has 2 aromatic rings. The average molecular weight is 288 g/mol. The minimum Gasteiger partial charge on any atom is -0.459 e. The van der Waals surface area contributed by atoms with Crippen molar-refractivity contribution in [3.8, 4) is 11.3 Å². The van der Waals surface area contributed by atoms with Gasteiger partial charge in [-0.3, -0.25) is 0 Å². The third-order valence-electron chi connectivity index (χ3n) is 2.02. The van der Waals surface area contributed by atoms with E-state index in [0.29, 0.717) is 10.8 Å². The van der Waals surface area contributed by atoms with Crippen LogP contribution in [0.2, 0.25) is 5.02 Å². The molecule has 1 aromatic heterocycles. The van der Waals surface area contributed by atoms with Crippen molar-refractivity contribution in [2.75, 3.05) is 0 Å². The summed E-state index contributed by atoms with van der Waals surface area (Å²) in [5.41, 5.74) is 0.922. The van der Waals surface area contributed by atoms with Gasteiger partial charge < -0.3 is 9.52 Å². The summed E-state index contributed by atoms with van der Waals surface area (Å²) in [4.78, 5) is 0. The number of hydrogen-bond donors (Lipinski definition) is 1. The molecule has 0 atom stereocenters. The lowest BCUT2D eigenvalue weighted by molar-refractivity contribution is 0.248. The highest BCUT2D eigenvalue weighted by Crippen LogP contribution is 2.29. The molecule has 1 aromatic carbocycles. The standard InChI is InChI=1S/C11H8BrClO2/c12-9-5-7(1-3-10(9)13)11-4-2-8(6-14)15-11/h1-5,14H,6H2. The van der Waals surface area contributed by atoms with Crippen molar-refractivity contribution in [1.29, 1.82) is 0 Å². The van der Waals surface area contributed by atoms with Crippen molar-refractivity contribution in [1.82, 2.24) is 0 Å². The van der Waals surface area contributed by atoms with Crippen LogP contribution in [0, 0.1) is 0 Å². The van der Waals surface area contributed by atoms with Gasteiger partial charge in [0.1, 0.15) is 18.1 Å². The highest BCUT2D eigenvalue weighted by molar-refractivity contribution is 9.10. The molecule has 0 saturated carbocycles. The van der Waals surface area contributed by atoms with Gasteiger partial charge in [0.05, 0.1) is 5.02 Å². The zero-order chi connectivity index (χ0) is 10.8. The zero-order valence-electron chi connectivity index (χ0n) is 7.71. The van der Waals surface area contributed by atoms with Crippen LogP contribution < -0.4 is 0 Å². The van der Waals surface area contributed by atoms with Crippen LogP contribution in [0.4, 0.5) is 0 Å². The SMILES string of the molecule is OCc1ccc(-c2ccc(Cl)c(Br)c2)o1. The number of furan rings is 1. The van der Waals surface area contributed by atoms with Crippen molar-refractivity contribution in [2.24, 2.45) is 0 Å². The Kier molecular flexibility index (Phi) is 3.14. The van der Waals surface area contributed by atoms with E-state index in [4.69, 9.17) is 21.1 Å². The first-order valence-electron chi connectivity index (χ1n) is 4.35. The first kappa shape index (κ1) is 10.7. The van der Waals surface area contributed by atoms with Crippen LogP contribution in [-0.4, -0.2) is 5.11 Å². The topological polar surface area (TPSA) is 33.4 Å². The molecule has 2 rings (SSSR count). The maximum Gasteiger partial charge on any atom is 0.134 e. The summed E-state index contributed by atoms with van der Waals surface area (Å²) in [7, 11) is 0. The lowest BCUT2D eigenvalue weighted by Crippen LogP contribution is -1.76. The van der Waals surface area contributed by atoms with E-state index in [-0.39, 0.29) is 6.61 Å². The Balaban J connectivity index is 2.40. The highest BCUT2D eigenvalue weighted by atomic mass is 79.9. The number of aliphatic hydroxyl groups excluding tert-OH is 1. The first-order valence-corrected chi connectivity index (χ1v) is 5.53. The summed E-state index contributed by atoms with van der Waals surface area (Å²) in [6.45, 7) is -0.0885. The van der Waals surface area contributed by atoms with E-state index in [1.54, 1.807) is 12.1 Å². The molecule has 0 fully saturated rings. The second kappa shape index (κ2) is 4.39. The van der Waals surface area contributed by atoms with Gasteiger partial charge in [0, 0.05) is 10.0 Å². The average Bonchev–Trinajstić information content (AvgIpc) is 2.70. The third kappa shape index (κ3) is 2.25. The Labute approximate surface area is 101 Å². The Morgan fingerprint density at radius 3 is 2.67 bits per heavy atom. The van der Waals surface area contributed by atoms with Crippen molar-refractivity contribution in [3.05, 3.63) is 45.6 Å². The molecule has 0 bridgehead atoms. The summed E-state index contributed by atoms with van der Waals surface area (Å²) in [6.07, 6.45) is 0. The lowest BCUT2D eigenvalue weighted by Gasteiger charge is -1.99. The van der Waals surface area contributed by atoms with E-state index in [9.17, 15) is 0 Å². The van der Waals surface area contributed by atoms with E-state index in [1.165, 1.54) is 0 Å². The molecule has 0 saturated heterocycles. The van der Waals surface area contributed by atoms with Gasteiger partial charge in [-0.2, -0.15) is 0 Å². The smallest absolute Gasteiger partial charge is 0.134 e. The summed E-state index contributed by atoms with van der Waals surface area (Å²) in [6, 6.07) is 9.11. The van der Waals surface area contributed by atoms with E-state index in [1.807, 2.05) is 18.2 Å². The maximum atomic E-state index is 8.87. The Morgan fingerprint density at radius 1 is 1.27 bits per heavy atom. The summed E-state index contributed by atoms with van der Waals surface area (Å²) in [5.74, 6) is 1.27. The lowest BCUT2D eigenvalue weighted by atomic mass is 10.2. The highest BCUT2D eigenvalue weighted by Gasteiger charge is 2.06. The third-order valence-corrected chi connectivity index (χ3v) is 3.24. The molecule has 0 aliphatic heterocycles. The van der Waals surface area contributed by atoms with E-state index in [2.05, 4.69) is 15.9 Å². The molecule has 15 heavy (non-hydrogen) atoms. The molecule has 0 radical (unpaired) electrons. The fraction of sp³-hybridized carbons (Fsp3) is 0.0909. The fourth-order valence-corrected chi connectivity index (χ4v) is 1.76. The van der Waals surface area contributed by atoms with Crippen molar-refractivity contribution < 1.29 is 9.52 Å². The number of rotatable bonds is 2. The molecule has 0 spiro atoms. The van der Waals surface area contributed by atoms with E-state index < -0.39 is 0 Å². The minimum absolute atomic E-state index is 0.0885. The van der Waals surface area contributed by atoms with Gasteiger partial charge in [0.2, 0.25) is 0 Å². The predicted octanol–water partition coefficient (Wildman–Crippen LogP) is 3.85. The van der Waals surface area contributed by atoms with Gasteiger partial charge in [-0.05, 0) is 46.3 Å². The Hall–Kier alpha value is -0.770. The Morgan fingerprint density at radius 2 is 2.07 bits per heavy atom. The monoisotopic (exact) mass is 286 g/mol. The second-order valence-corrected chi connectivity index (χ2v) is 4.31. The molecular weight excluding hydrogens is 279 g/mol. The molecule has 0 unspecified atom stereocenters. The van der Waals surface area contributed by atoms with Crippen LogP contribution in [0.1, 0.15) is 5.76 Å². The van der Waals surface area contributed by atoms with E-state index in [0.717, 1.165) is 15.8 Å². The zero-order valence-corrected chi connectivity index (χ0v) is 10.0. The molecule has 4 heteroatoms. The molecule has 0 aliphatic carbocycles. The predicted molar refractivity (Wildman–Crippen MR) is 62.8 cm³/mol. The maximum absolute atomic E-state index is 8.87. The fourth-order valence-electron chi connectivity index (χ4n) is 1.27. The molecule has 2 nitrogen and oxygen atoms in total. The van der Waals surface area contributed by atoms with Gasteiger partial charge in [0.25, 0.3) is 0 Å². The molecule has 78 valence electrons. The molecule has 1 heterocycles. The quantitative estimate of drug-likeness (QED) is 0.910. The van der Waals surface area contributed by atoms with Gasteiger partial charge >= 0.3 is 0 Å². The summed E-state index contributed by atoms with van der Waals surface area (Å²) < 4.78 is 6.22.